The van der Waals surface area contributed by atoms with E-state index < -0.39 is 17.9 Å². The first-order chi connectivity index (χ1) is 15.9. The van der Waals surface area contributed by atoms with E-state index in [1.54, 1.807) is 24.3 Å². The quantitative estimate of drug-likeness (QED) is 0.323. The average Bonchev–Trinajstić information content (AvgIpc) is 3.26. The Morgan fingerprint density at radius 3 is 2.58 bits per heavy atom. The number of aromatic nitrogens is 1. The highest BCUT2D eigenvalue weighted by atomic mass is 32.1. The first kappa shape index (κ1) is 24.9. The van der Waals surface area contributed by atoms with Crippen LogP contribution in [0.2, 0.25) is 0 Å². The first-order valence-electron chi connectivity index (χ1n) is 11.2. The summed E-state index contributed by atoms with van der Waals surface area (Å²) in [7, 11) is 0. The van der Waals surface area contributed by atoms with Gasteiger partial charge < -0.3 is 14.6 Å². The predicted octanol–water partition coefficient (Wildman–Crippen LogP) is 6.12. The fourth-order valence-corrected chi connectivity index (χ4v) is 4.28. The summed E-state index contributed by atoms with van der Waals surface area (Å²) in [5.41, 5.74) is 3.97. The number of thiazole rings is 1. The average molecular weight is 472 g/mol. The molecule has 0 bridgehead atoms. The van der Waals surface area contributed by atoms with Crippen molar-refractivity contribution in [3.05, 3.63) is 70.5 Å². The van der Waals surface area contributed by atoms with Crippen molar-refractivity contribution in [1.82, 2.24) is 4.98 Å². The van der Waals surface area contributed by atoms with Gasteiger partial charge in [0, 0.05) is 24.0 Å². The lowest BCUT2D eigenvalue weighted by Crippen LogP contribution is -2.26. The lowest BCUT2D eigenvalue weighted by atomic mass is 10.0. The number of hydrogen-bond acceptors (Lipinski definition) is 5. The van der Waals surface area contributed by atoms with E-state index in [0.717, 1.165) is 22.7 Å². The molecule has 0 saturated carbocycles. The van der Waals surface area contributed by atoms with E-state index in [2.05, 4.69) is 43.5 Å². The first-order valence-corrected chi connectivity index (χ1v) is 12.1. The van der Waals surface area contributed by atoms with Crippen molar-refractivity contribution in [2.75, 3.05) is 13.2 Å². The molecule has 0 fully saturated rings. The smallest absolute Gasteiger partial charge is 0.333 e. The molecule has 176 valence electrons. The van der Waals surface area contributed by atoms with Crippen LogP contribution < -0.4 is 4.74 Å². The van der Waals surface area contributed by atoms with Crippen LogP contribution in [-0.4, -0.2) is 35.4 Å². The minimum absolute atomic E-state index is 0.104. The third-order valence-corrected chi connectivity index (χ3v) is 6.21. The molecule has 0 aliphatic carbocycles. The van der Waals surface area contributed by atoms with Gasteiger partial charge in [0.15, 0.2) is 17.7 Å². The Morgan fingerprint density at radius 2 is 1.94 bits per heavy atom. The molecule has 1 atom stereocenters. The van der Waals surface area contributed by atoms with E-state index >= 15 is 0 Å². The van der Waals surface area contributed by atoms with E-state index in [9.17, 15) is 14.3 Å². The molecule has 3 aromatic rings. The van der Waals surface area contributed by atoms with Crippen LogP contribution in [0.1, 0.15) is 49.9 Å². The van der Waals surface area contributed by atoms with Gasteiger partial charge in [-0.3, -0.25) is 0 Å². The van der Waals surface area contributed by atoms with E-state index in [1.165, 1.54) is 17.7 Å². The highest BCUT2D eigenvalue weighted by Crippen LogP contribution is 2.26. The van der Waals surface area contributed by atoms with Crippen LogP contribution in [0.25, 0.3) is 10.6 Å². The summed E-state index contributed by atoms with van der Waals surface area (Å²) in [5, 5.41) is 12.2. The van der Waals surface area contributed by atoms with Gasteiger partial charge in [-0.05, 0) is 48.9 Å². The van der Waals surface area contributed by atoms with Crippen molar-refractivity contribution in [3.63, 3.8) is 0 Å². The van der Waals surface area contributed by atoms with Gasteiger partial charge in [-0.1, -0.05) is 44.2 Å². The molecule has 0 aliphatic rings. The van der Waals surface area contributed by atoms with Crippen molar-refractivity contribution in [3.8, 4) is 16.3 Å². The summed E-state index contributed by atoms with van der Waals surface area (Å²) < 4.78 is 25.2. The lowest BCUT2D eigenvalue weighted by molar-refractivity contribution is -0.149. The maximum Gasteiger partial charge on any atom is 0.333 e. The molecule has 33 heavy (non-hydrogen) atoms. The zero-order valence-corrected chi connectivity index (χ0v) is 20.0. The summed E-state index contributed by atoms with van der Waals surface area (Å²) in [6.07, 6.45) is 0.571. The Balaban J connectivity index is 1.48. The lowest BCUT2D eigenvalue weighted by Gasteiger charge is -2.13. The number of carboxylic acids is 1. The van der Waals surface area contributed by atoms with Crippen LogP contribution in [0.4, 0.5) is 4.39 Å². The van der Waals surface area contributed by atoms with Crippen LogP contribution in [0, 0.1) is 5.82 Å². The number of ether oxygens (including phenoxy) is 2. The number of hydrogen-bond donors (Lipinski definition) is 1. The molecular formula is C26H30FNO4S. The highest BCUT2D eigenvalue weighted by Gasteiger charge is 2.19. The number of benzene rings is 2. The molecule has 0 aliphatic heterocycles. The second kappa shape index (κ2) is 11.9. The van der Waals surface area contributed by atoms with E-state index in [-0.39, 0.29) is 18.8 Å². The van der Waals surface area contributed by atoms with Crippen LogP contribution in [0.5, 0.6) is 5.75 Å². The molecule has 0 amide bonds. The Kier molecular flexibility index (Phi) is 8.97. The minimum Gasteiger partial charge on any atom is -0.491 e. The normalized spacial score (nSPS) is 12.2. The molecule has 3 rings (SSSR count). The number of carbonyl (C=O) groups is 1. The molecule has 7 heteroatoms. The molecule has 1 heterocycles. The highest BCUT2D eigenvalue weighted by molar-refractivity contribution is 7.13. The standard InChI is InChI=1S/C26H30FNO4S/c1-4-31-24(26(29)30)15-18-7-12-23(22(27)14-18)32-13-5-6-21-16-33-25(28-21)20-10-8-19(9-11-20)17(2)3/h7-12,14,16-17,24H,4-6,13,15H2,1-3H3,(H,29,30). The Labute approximate surface area is 198 Å². The maximum atomic E-state index is 14.4. The Hall–Kier alpha value is -2.77. The molecule has 2 aromatic carbocycles. The summed E-state index contributed by atoms with van der Waals surface area (Å²) >= 11 is 1.62. The van der Waals surface area contributed by atoms with Gasteiger partial charge in [-0.2, -0.15) is 0 Å². The van der Waals surface area contributed by atoms with Crippen molar-refractivity contribution in [1.29, 1.82) is 0 Å². The number of halogens is 1. The summed E-state index contributed by atoms with van der Waals surface area (Å²) in [6.45, 7) is 6.73. The summed E-state index contributed by atoms with van der Waals surface area (Å²) in [4.78, 5) is 15.9. The van der Waals surface area contributed by atoms with Crippen molar-refractivity contribution >= 4 is 17.3 Å². The number of rotatable bonds is 12. The largest absolute Gasteiger partial charge is 0.491 e. The number of carboxylic acid groups (broad SMARTS) is 1. The van der Waals surface area contributed by atoms with Gasteiger partial charge in [0.25, 0.3) is 0 Å². The monoisotopic (exact) mass is 471 g/mol. The van der Waals surface area contributed by atoms with Crippen LogP contribution in [0.15, 0.2) is 47.8 Å². The zero-order valence-electron chi connectivity index (χ0n) is 19.2. The molecule has 0 saturated heterocycles. The second-order valence-corrected chi connectivity index (χ2v) is 8.98. The van der Waals surface area contributed by atoms with Gasteiger partial charge in [-0.15, -0.1) is 11.3 Å². The van der Waals surface area contributed by atoms with E-state index in [1.807, 2.05) is 0 Å². The van der Waals surface area contributed by atoms with Crippen molar-refractivity contribution < 1.29 is 23.8 Å². The van der Waals surface area contributed by atoms with Crippen molar-refractivity contribution in [2.45, 2.75) is 52.1 Å². The second-order valence-electron chi connectivity index (χ2n) is 8.12. The van der Waals surface area contributed by atoms with Gasteiger partial charge in [0.1, 0.15) is 5.01 Å². The fourth-order valence-electron chi connectivity index (χ4n) is 3.42. The predicted molar refractivity (Wildman–Crippen MR) is 129 cm³/mol. The zero-order chi connectivity index (χ0) is 23.8. The van der Waals surface area contributed by atoms with Crippen LogP contribution in [-0.2, 0) is 22.4 Å². The fraction of sp³-hybridized carbons (Fsp3) is 0.385. The Bertz CT molecular complexity index is 1050. The molecule has 1 unspecified atom stereocenters. The summed E-state index contributed by atoms with van der Waals surface area (Å²) in [5.74, 6) is -0.904. The molecule has 5 nitrogen and oxygen atoms in total. The molecular weight excluding hydrogens is 441 g/mol. The molecule has 1 N–H and O–H groups in total. The molecule has 0 spiro atoms. The van der Waals surface area contributed by atoms with Crippen molar-refractivity contribution in [2.24, 2.45) is 0 Å². The SMILES string of the molecule is CCOC(Cc1ccc(OCCCc2csc(-c3ccc(C(C)C)cc3)n2)c(F)c1)C(=O)O. The number of nitrogens with zero attached hydrogens (tertiary/aromatic N) is 1. The van der Waals surface area contributed by atoms with Gasteiger partial charge >= 0.3 is 5.97 Å². The third-order valence-electron chi connectivity index (χ3n) is 5.27. The Morgan fingerprint density at radius 1 is 1.18 bits per heavy atom. The van der Waals surface area contributed by atoms with Gasteiger partial charge in [-0.25, -0.2) is 14.2 Å². The van der Waals surface area contributed by atoms with Crippen LogP contribution >= 0.6 is 11.3 Å². The third kappa shape index (κ3) is 7.11. The number of aliphatic carboxylic acids is 1. The maximum absolute atomic E-state index is 14.4. The van der Waals surface area contributed by atoms with Gasteiger partial charge in [0.05, 0.1) is 12.3 Å². The van der Waals surface area contributed by atoms with E-state index in [4.69, 9.17) is 14.5 Å². The minimum atomic E-state index is -1.06. The topological polar surface area (TPSA) is 68.7 Å². The number of aryl methyl sites for hydroxylation is 1. The molecule has 0 radical (unpaired) electrons. The van der Waals surface area contributed by atoms with E-state index in [0.29, 0.717) is 24.5 Å². The van der Waals surface area contributed by atoms with Gasteiger partial charge in [0.2, 0.25) is 0 Å². The summed E-state index contributed by atoms with van der Waals surface area (Å²) in [6, 6.07) is 13.0. The van der Waals surface area contributed by atoms with Crippen LogP contribution in [0.3, 0.4) is 0 Å². The molecule has 1 aromatic heterocycles.